The monoisotopic (exact) mass is 303 g/mol. The molecule has 2 rings (SSSR count). The Kier molecular flexibility index (Phi) is 4.36. The molecular formula is C12H14FNO5S. The highest BCUT2D eigenvalue weighted by Gasteiger charge is 2.29. The Balaban J connectivity index is 2.42. The molecule has 0 unspecified atom stereocenters. The molecule has 1 aromatic carbocycles. The van der Waals surface area contributed by atoms with E-state index in [-0.39, 0.29) is 31.9 Å². The van der Waals surface area contributed by atoms with E-state index < -0.39 is 26.7 Å². The molecule has 0 atom stereocenters. The lowest BCUT2D eigenvalue weighted by Gasteiger charge is -2.26. The summed E-state index contributed by atoms with van der Waals surface area (Å²) >= 11 is 0. The number of esters is 1. The summed E-state index contributed by atoms with van der Waals surface area (Å²) in [5.41, 5.74) is -0.0132. The lowest BCUT2D eigenvalue weighted by atomic mass is 10.2. The Morgan fingerprint density at radius 2 is 2.00 bits per heavy atom. The number of sulfonamides is 1. The first kappa shape index (κ1) is 14.9. The molecule has 0 radical (unpaired) electrons. The number of nitrogens with zero attached hydrogens (tertiary/aromatic N) is 1. The highest BCUT2D eigenvalue weighted by molar-refractivity contribution is 7.89. The number of hydrogen-bond donors (Lipinski definition) is 0. The van der Waals surface area contributed by atoms with Gasteiger partial charge in [-0.05, 0) is 18.2 Å². The number of benzene rings is 1. The summed E-state index contributed by atoms with van der Waals surface area (Å²) in [5.74, 6) is -1.62. The van der Waals surface area contributed by atoms with Crippen LogP contribution in [0.25, 0.3) is 0 Å². The number of carbonyl (C=O) groups is 1. The van der Waals surface area contributed by atoms with Gasteiger partial charge in [0.2, 0.25) is 10.0 Å². The summed E-state index contributed by atoms with van der Waals surface area (Å²) in [6.45, 7) is 0.837. The van der Waals surface area contributed by atoms with Crippen LogP contribution in [0.4, 0.5) is 4.39 Å². The van der Waals surface area contributed by atoms with Gasteiger partial charge in [0.15, 0.2) is 0 Å². The summed E-state index contributed by atoms with van der Waals surface area (Å²) in [5, 5.41) is 0. The normalized spacial score (nSPS) is 16.9. The summed E-state index contributed by atoms with van der Waals surface area (Å²) in [4.78, 5) is 10.9. The topological polar surface area (TPSA) is 72.9 Å². The standard InChI is InChI=1S/C12H14FNO5S/c1-18-12(15)9-2-3-10(13)11(8-9)20(16,17)14-4-6-19-7-5-14/h2-3,8H,4-7H2,1H3. The maximum Gasteiger partial charge on any atom is 0.337 e. The van der Waals surface area contributed by atoms with E-state index in [4.69, 9.17) is 4.74 Å². The van der Waals surface area contributed by atoms with Crippen molar-refractivity contribution in [2.45, 2.75) is 4.90 Å². The second-order valence-corrected chi connectivity index (χ2v) is 6.06. The van der Waals surface area contributed by atoms with E-state index in [1.54, 1.807) is 0 Å². The molecule has 1 saturated heterocycles. The molecule has 6 nitrogen and oxygen atoms in total. The molecule has 0 aromatic heterocycles. The maximum absolute atomic E-state index is 13.8. The molecule has 1 heterocycles. The largest absolute Gasteiger partial charge is 0.465 e. The number of hydrogen-bond acceptors (Lipinski definition) is 5. The summed E-state index contributed by atoms with van der Waals surface area (Å²) in [6, 6.07) is 3.12. The van der Waals surface area contributed by atoms with Crippen molar-refractivity contribution in [3.8, 4) is 0 Å². The first-order chi connectivity index (χ1) is 9.46. The molecule has 0 aliphatic carbocycles. The molecule has 1 aliphatic heterocycles. The predicted molar refractivity (Wildman–Crippen MR) is 67.3 cm³/mol. The van der Waals surface area contributed by atoms with E-state index in [1.807, 2.05) is 0 Å². The van der Waals surface area contributed by atoms with Crippen molar-refractivity contribution >= 4 is 16.0 Å². The maximum atomic E-state index is 13.8. The van der Waals surface area contributed by atoms with Crippen molar-refractivity contribution in [3.63, 3.8) is 0 Å². The molecular weight excluding hydrogens is 289 g/mol. The van der Waals surface area contributed by atoms with Crippen LogP contribution >= 0.6 is 0 Å². The van der Waals surface area contributed by atoms with Crippen LogP contribution in [-0.2, 0) is 19.5 Å². The first-order valence-electron chi connectivity index (χ1n) is 5.92. The summed E-state index contributed by atoms with van der Waals surface area (Å²) in [6.07, 6.45) is 0. The lowest BCUT2D eigenvalue weighted by Crippen LogP contribution is -2.41. The summed E-state index contributed by atoms with van der Waals surface area (Å²) < 4.78 is 49.2. The number of carbonyl (C=O) groups excluding carboxylic acids is 1. The summed E-state index contributed by atoms with van der Waals surface area (Å²) in [7, 11) is -2.82. The van der Waals surface area contributed by atoms with Crippen LogP contribution in [0.2, 0.25) is 0 Å². The average molecular weight is 303 g/mol. The zero-order valence-electron chi connectivity index (χ0n) is 10.8. The Morgan fingerprint density at radius 1 is 1.35 bits per heavy atom. The van der Waals surface area contributed by atoms with Gasteiger partial charge in [-0.15, -0.1) is 0 Å². The molecule has 1 aromatic rings. The van der Waals surface area contributed by atoms with Crippen molar-refractivity contribution < 1.29 is 27.1 Å². The van der Waals surface area contributed by atoms with Gasteiger partial charge in [-0.1, -0.05) is 0 Å². The molecule has 0 amide bonds. The van der Waals surface area contributed by atoms with Crippen molar-refractivity contribution in [1.82, 2.24) is 4.31 Å². The Morgan fingerprint density at radius 3 is 2.60 bits per heavy atom. The third-order valence-electron chi connectivity index (χ3n) is 2.94. The second kappa shape index (κ2) is 5.86. The SMILES string of the molecule is COC(=O)c1ccc(F)c(S(=O)(=O)N2CCOCC2)c1. The third kappa shape index (κ3) is 2.82. The number of halogens is 1. The van der Waals surface area contributed by atoms with Gasteiger partial charge in [-0.2, -0.15) is 4.31 Å². The van der Waals surface area contributed by atoms with Crippen molar-refractivity contribution in [2.75, 3.05) is 33.4 Å². The lowest BCUT2D eigenvalue weighted by molar-refractivity contribution is 0.0600. The van der Waals surface area contributed by atoms with Gasteiger partial charge in [0.05, 0.1) is 25.9 Å². The van der Waals surface area contributed by atoms with Gasteiger partial charge in [0.1, 0.15) is 10.7 Å². The molecule has 1 aliphatic rings. The quantitative estimate of drug-likeness (QED) is 0.766. The predicted octanol–water partition coefficient (Wildman–Crippen LogP) is 0.633. The van der Waals surface area contributed by atoms with Crippen LogP contribution in [0.5, 0.6) is 0 Å². The Bertz CT molecular complexity index is 610. The van der Waals surface area contributed by atoms with Crippen LogP contribution in [0, 0.1) is 5.82 Å². The van der Waals surface area contributed by atoms with Gasteiger partial charge >= 0.3 is 5.97 Å². The van der Waals surface area contributed by atoms with Crippen LogP contribution in [0.3, 0.4) is 0 Å². The molecule has 0 N–H and O–H groups in total. The van der Waals surface area contributed by atoms with Gasteiger partial charge in [-0.25, -0.2) is 17.6 Å². The molecule has 110 valence electrons. The number of ether oxygens (including phenoxy) is 2. The fraction of sp³-hybridized carbons (Fsp3) is 0.417. The van der Waals surface area contributed by atoms with Crippen LogP contribution < -0.4 is 0 Å². The van der Waals surface area contributed by atoms with E-state index in [0.717, 1.165) is 16.4 Å². The van der Waals surface area contributed by atoms with E-state index in [2.05, 4.69) is 4.74 Å². The number of methoxy groups -OCH3 is 1. The van der Waals surface area contributed by atoms with Crippen LogP contribution in [0.15, 0.2) is 23.1 Å². The highest BCUT2D eigenvalue weighted by Crippen LogP contribution is 2.22. The highest BCUT2D eigenvalue weighted by atomic mass is 32.2. The van der Waals surface area contributed by atoms with E-state index >= 15 is 0 Å². The van der Waals surface area contributed by atoms with Gasteiger partial charge < -0.3 is 9.47 Å². The molecule has 0 spiro atoms. The van der Waals surface area contributed by atoms with Crippen molar-refractivity contribution in [2.24, 2.45) is 0 Å². The fourth-order valence-electron chi connectivity index (χ4n) is 1.87. The second-order valence-electron chi connectivity index (χ2n) is 4.15. The van der Waals surface area contributed by atoms with Crippen molar-refractivity contribution in [3.05, 3.63) is 29.6 Å². The van der Waals surface area contributed by atoms with Gasteiger partial charge in [-0.3, -0.25) is 0 Å². The zero-order chi connectivity index (χ0) is 14.8. The smallest absolute Gasteiger partial charge is 0.337 e. The van der Waals surface area contributed by atoms with Gasteiger partial charge in [0, 0.05) is 13.1 Å². The first-order valence-corrected chi connectivity index (χ1v) is 7.36. The minimum atomic E-state index is -3.99. The van der Waals surface area contributed by atoms with Gasteiger partial charge in [0.25, 0.3) is 0 Å². The molecule has 20 heavy (non-hydrogen) atoms. The Labute approximate surface area is 116 Å². The van der Waals surface area contributed by atoms with Crippen LogP contribution in [0.1, 0.15) is 10.4 Å². The molecule has 8 heteroatoms. The van der Waals surface area contributed by atoms with E-state index in [0.29, 0.717) is 0 Å². The van der Waals surface area contributed by atoms with Crippen molar-refractivity contribution in [1.29, 1.82) is 0 Å². The fourth-order valence-corrected chi connectivity index (χ4v) is 3.37. The number of morpholine rings is 1. The number of rotatable bonds is 3. The van der Waals surface area contributed by atoms with E-state index in [1.165, 1.54) is 13.2 Å². The molecule has 0 bridgehead atoms. The third-order valence-corrected chi connectivity index (χ3v) is 4.85. The minimum absolute atomic E-state index is 0.0132. The molecule has 1 fully saturated rings. The van der Waals surface area contributed by atoms with E-state index in [9.17, 15) is 17.6 Å². The molecule has 0 saturated carbocycles. The zero-order valence-corrected chi connectivity index (χ0v) is 11.7. The Hall–Kier alpha value is -1.51. The van der Waals surface area contributed by atoms with Crippen LogP contribution in [-0.4, -0.2) is 52.1 Å². The average Bonchev–Trinajstić information content (AvgIpc) is 2.47. The minimum Gasteiger partial charge on any atom is -0.465 e.